The van der Waals surface area contributed by atoms with Gasteiger partial charge in [0.05, 0.1) is 13.2 Å². The minimum absolute atomic E-state index is 0.292. The fourth-order valence-electron chi connectivity index (χ4n) is 1.18. The Morgan fingerprint density at radius 2 is 2.07 bits per heavy atom. The molecule has 1 saturated heterocycles. The third-order valence-electron chi connectivity index (χ3n) is 2.19. The van der Waals surface area contributed by atoms with Crippen LogP contribution in [-0.4, -0.2) is 50.9 Å². The van der Waals surface area contributed by atoms with Gasteiger partial charge in [0.2, 0.25) is 0 Å². The number of morpholine rings is 1. The van der Waals surface area contributed by atoms with Crippen molar-refractivity contribution in [2.75, 3.05) is 38.2 Å². The Bertz CT molecular complexity index is 278. The van der Waals surface area contributed by atoms with Crippen LogP contribution in [0.15, 0.2) is 0 Å². The summed E-state index contributed by atoms with van der Waals surface area (Å²) in [5.41, 5.74) is 0. The monoisotopic (exact) mass is 300 g/mol. The molecule has 0 aromatic rings. The van der Waals surface area contributed by atoms with Gasteiger partial charge in [0.1, 0.15) is 0 Å². The van der Waals surface area contributed by atoms with Gasteiger partial charge in [0, 0.05) is 25.0 Å². The van der Waals surface area contributed by atoms with Gasteiger partial charge in [-0.3, -0.25) is 0 Å². The standard InChI is InChI=1S/C8H17BrN2O3S/c1-8(6-9)7-10-15(12,13)11-2-4-14-5-3-11/h8,10H,2-7H2,1H3. The van der Waals surface area contributed by atoms with Crippen LogP contribution in [0.25, 0.3) is 0 Å². The Labute approximate surface area is 99.5 Å². The average molecular weight is 301 g/mol. The fraction of sp³-hybridized carbons (Fsp3) is 1.00. The Hall–Kier alpha value is 0.310. The quantitative estimate of drug-likeness (QED) is 0.737. The molecule has 0 amide bonds. The van der Waals surface area contributed by atoms with Crippen LogP contribution in [0.4, 0.5) is 0 Å². The summed E-state index contributed by atoms with van der Waals surface area (Å²) in [7, 11) is -3.31. The predicted octanol–water partition coefficient (Wildman–Crippen LogP) is 0.184. The molecule has 1 aliphatic heterocycles. The number of hydrogen-bond acceptors (Lipinski definition) is 3. The van der Waals surface area contributed by atoms with Gasteiger partial charge >= 0.3 is 0 Å². The number of rotatable bonds is 5. The Morgan fingerprint density at radius 3 is 2.60 bits per heavy atom. The smallest absolute Gasteiger partial charge is 0.279 e. The van der Waals surface area contributed by atoms with E-state index < -0.39 is 10.2 Å². The van der Waals surface area contributed by atoms with Crippen molar-refractivity contribution < 1.29 is 13.2 Å². The van der Waals surface area contributed by atoms with Gasteiger partial charge in [-0.05, 0) is 5.92 Å². The van der Waals surface area contributed by atoms with E-state index in [1.54, 1.807) is 0 Å². The minimum atomic E-state index is -3.31. The molecule has 90 valence electrons. The molecule has 0 aliphatic carbocycles. The van der Waals surface area contributed by atoms with Crippen molar-refractivity contribution in [1.82, 2.24) is 9.03 Å². The summed E-state index contributed by atoms with van der Waals surface area (Å²) >= 11 is 3.31. The lowest BCUT2D eigenvalue weighted by Gasteiger charge is -2.26. The second-order valence-corrected chi connectivity index (χ2v) is 6.03. The molecule has 1 aliphatic rings. The molecule has 0 aromatic carbocycles. The minimum Gasteiger partial charge on any atom is -0.379 e. The van der Waals surface area contributed by atoms with Crippen LogP contribution in [0.1, 0.15) is 6.92 Å². The maximum atomic E-state index is 11.7. The third-order valence-corrected chi connectivity index (χ3v) is 4.87. The summed E-state index contributed by atoms with van der Waals surface area (Å²) in [6, 6.07) is 0. The first-order valence-corrected chi connectivity index (χ1v) is 7.51. The first-order chi connectivity index (χ1) is 7.06. The molecule has 0 bridgehead atoms. The number of hydrogen-bond donors (Lipinski definition) is 1. The zero-order valence-corrected chi connectivity index (χ0v) is 11.2. The van der Waals surface area contributed by atoms with E-state index in [2.05, 4.69) is 20.7 Å². The van der Waals surface area contributed by atoms with Crippen molar-refractivity contribution in [3.05, 3.63) is 0 Å². The largest absolute Gasteiger partial charge is 0.379 e. The zero-order chi connectivity index (χ0) is 11.3. The number of halogens is 1. The Morgan fingerprint density at radius 1 is 1.47 bits per heavy atom. The maximum absolute atomic E-state index is 11.7. The Kier molecular flexibility index (Phi) is 5.48. The molecule has 1 atom stereocenters. The van der Waals surface area contributed by atoms with E-state index in [4.69, 9.17) is 4.74 Å². The van der Waals surface area contributed by atoms with E-state index in [-0.39, 0.29) is 0 Å². The van der Waals surface area contributed by atoms with Crippen molar-refractivity contribution in [2.45, 2.75) is 6.92 Å². The second-order valence-electron chi connectivity index (χ2n) is 3.62. The van der Waals surface area contributed by atoms with Gasteiger partial charge in [0.25, 0.3) is 10.2 Å². The number of alkyl halides is 1. The van der Waals surface area contributed by atoms with Gasteiger partial charge in [0.15, 0.2) is 0 Å². The summed E-state index contributed by atoms with van der Waals surface area (Å²) in [4.78, 5) is 0. The molecule has 7 heteroatoms. The van der Waals surface area contributed by atoms with Gasteiger partial charge in [-0.25, -0.2) is 4.72 Å². The number of nitrogens with zero attached hydrogens (tertiary/aromatic N) is 1. The van der Waals surface area contributed by atoms with Crippen LogP contribution in [0.2, 0.25) is 0 Å². The molecule has 15 heavy (non-hydrogen) atoms. The molecule has 0 spiro atoms. The SMILES string of the molecule is CC(CBr)CNS(=O)(=O)N1CCOCC1. The lowest BCUT2D eigenvalue weighted by atomic mass is 10.2. The number of nitrogens with one attached hydrogen (secondary N) is 1. The summed E-state index contributed by atoms with van der Waals surface area (Å²) in [6.07, 6.45) is 0. The lowest BCUT2D eigenvalue weighted by Crippen LogP contribution is -2.47. The highest BCUT2D eigenvalue weighted by Gasteiger charge is 2.23. The van der Waals surface area contributed by atoms with E-state index >= 15 is 0 Å². The highest BCUT2D eigenvalue weighted by atomic mass is 79.9. The molecule has 5 nitrogen and oxygen atoms in total. The van der Waals surface area contributed by atoms with Gasteiger partial charge in [-0.2, -0.15) is 12.7 Å². The van der Waals surface area contributed by atoms with E-state index in [0.717, 1.165) is 5.33 Å². The highest BCUT2D eigenvalue weighted by molar-refractivity contribution is 9.09. The summed E-state index contributed by atoms with van der Waals surface area (Å²) in [6.45, 7) is 4.29. The highest BCUT2D eigenvalue weighted by Crippen LogP contribution is 2.04. The zero-order valence-electron chi connectivity index (χ0n) is 8.78. The van der Waals surface area contributed by atoms with Crippen molar-refractivity contribution in [2.24, 2.45) is 5.92 Å². The summed E-state index contributed by atoms with van der Waals surface area (Å²) in [5, 5.41) is 0.790. The van der Waals surface area contributed by atoms with Gasteiger partial charge in [-0.1, -0.05) is 22.9 Å². The van der Waals surface area contributed by atoms with Crippen LogP contribution in [0.5, 0.6) is 0 Å². The average Bonchev–Trinajstić information content (AvgIpc) is 2.27. The van der Waals surface area contributed by atoms with Crippen LogP contribution in [0.3, 0.4) is 0 Å². The summed E-state index contributed by atoms with van der Waals surface area (Å²) in [5.74, 6) is 0.292. The fourth-order valence-corrected chi connectivity index (χ4v) is 2.72. The van der Waals surface area contributed by atoms with Gasteiger partial charge in [-0.15, -0.1) is 0 Å². The summed E-state index contributed by atoms with van der Waals surface area (Å²) < 4.78 is 32.6. The molecular weight excluding hydrogens is 284 g/mol. The van der Waals surface area contributed by atoms with E-state index in [0.29, 0.717) is 38.8 Å². The molecule has 1 unspecified atom stereocenters. The molecule has 0 aromatic heterocycles. The van der Waals surface area contributed by atoms with Crippen LogP contribution in [-0.2, 0) is 14.9 Å². The topological polar surface area (TPSA) is 58.6 Å². The molecule has 0 saturated carbocycles. The van der Waals surface area contributed by atoms with E-state index in [9.17, 15) is 8.42 Å². The van der Waals surface area contributed by atoms with Crippen LogP contribution >= 0.6 is 15.9 Å². The van der Waals surface area contributed by atoms with Crippen molar-refractivity contribution in [3.63, 3.8) is 0 Å². The number of ether oxygens (including phenoxy) is 1. The van der Waals surface area contributed by atoms with Crippen molar-refractivity contribution >= 4 is 26.1 Å². The maximum Gasteiger partial charge on any atom is 0.279 e. The van der Waals surface area contributed by atoms with E-state index in [1.807, 2.05) is 6.92 Å². The normalized spacial score (nSPS) is 21.5. The molecule has 1 heterocycles. The predicted molar refractivity (Wildman–Crippen MR) is 62.3 cm³/mol. The van der Waals surface area contributed by atoms with Crippen LogP contribution < -0.4 is 4.72 Å². The molecular formula is C8H17BrN2O3S. The first-order valence-electron chi connectivity index (χ1n) is 4.94. The van der Waals surface area contributed by atoms with E-state index in [1.165, 1.54) is 4.31 Å². The lowest BCUT2D eigenvalue weighted by molar-refractivity contribution is 0.0724. The van der Waals surface area contributed by atoms with Crippen LogP contribution in [0, 0.1) is 5.92 Å². The molecule has 1 fully saturated rings. The molecule has 1 N–H and O–H groups in total. The third kappa shape index (κ3) is 4.36. The second kappa shape index (κ2) is 6.15. The van der Waals surface area contributed by atoms with Gasteiger partial charge < -0.3 is 4.74 Å². The van der Waals surface area contributed by atoms with Crippen molar-refractivity contribution in [1.29, 1.82) is 0 Å². The van der Waals surface area contributed by atoms with Crippen molar-refractivity contribution in [3.8, 4) is 0 Å². The first kappa shape index (κ1) is 13.4. The molecule has 1 rings (SSSR count). The Balaban J connectivity index is 2.43. The molecule has 0 radical (unpaired) electrons.